The van der Waals surface area contributed by atoms with E-state index >= 15 is 0 Å². The van der Waals surface area contributed by atoms with Gasteiger partial charge in [0.05, 0.1) is 12.1 Å². The van der Waals surface area contributed by atoms with Crippen LogP contribution in [0.5, 0.6) is 5.75 Å². The summed E-state index contributed by atoms with van der Waals surface area (Å²) in [7, 11) is 0. The minimum absolute atomic E-state index is 0.128. The predicted molar refractivity (Wildman–Crippen MR) is 124 cm³/mol. The fourth-order valence-electron chi connectivity index (χ4n) is 3.50. The topological polar surface area (TPSA) is 101 Å². The summed E-state index contributed by atoms with van der Waals surface area (Å²) in [4.78, 5) is 25.5. The highest BCUT2D eigenvalue weighted by Gasteiger charge is 2.25. The number of hydrogen-bond acceptors (Lipinski definition) is 5. The fourth-order valence-corrected chi connectivity index (χ4v) is 3.50. The number of carbonyl (C=O) groups is 1. The van der Waals surface area contributed by atoms with E-state index in [2.05, 4.69) is 16.5 Å². The molecule has 4 aromatic rings. The normalized spacial score (nSPS) is 11.8. The van der Waals surface area contributed by atoms with E-state index in [0.717, 1.165) is 5.56 Å². The van der Waals surface area contributed by atoms with Crippen LogP contribution >= 0.6 is 0 Å². The lowest BCUT2D eigenvalue weighted by Gasteiger charge is -2.22. The summed E-state index contributed by atoms with van der Waals surface area (Å²) in [5, 5.41) is 16.5. The summed E-state index contributed by atoms with van der Waals surface area (Å²) in [6, 6.07) is 21.5. The quantitative estimate of drug-likeness (QED) is 0.473. The molecule has 2 heterocycles. The lowest BCUT2D eigenvalue weighted by molar-refractivity contribution is -0.124. The second kappa shape index (κ2) is 9.40. The van der Waals surface area contributed by atoms with Crippen LogP contribution in [0.25, 0.3) is 5.65 Å². The third-order valence-corrected chi connectivity index (χ3v) is 5.14. The van der Waals surface area contributed by atoms with Gasteiger partial charge in [-0.25, -0.2) is 9.48 Å². The van der Waals surface area contributed by atoms with Crippen molar-refractivity contribution in [2.75, 3.05) is 5.32 Å². The van der Waals surface area contributed by atoms with Gasteiger partial charge in [-0.3, -0.25) is 9.20 Å². The highest BCUT2D eigenvalue weighted by molar-refractivity contribution is 5.94. The molecule has 0 radical (unpaired) electrons. The maximum Gasteiger partial charge on any atom is 0.350 e. The van der Waals surface area contributed by atoms with Crippen LogP contribution in [0.4, 0.5) is 5.69 Å². The standard InChI is InChI=1S/C25H23N5O3/c1-17(2)23(33-21-11-4-3-9-19(21)15-26)24(31)27-20-10-7-8-18(14-20)16-30-25(32)29-13-6-5-12-22(29)28-30/h3-14,17,23H,16H2,1-2H3,(H,27,31). The van der Waals surface area contributed by atoms with Crippen LogP contribution < -0.4 is 15.7 Å². The molecule has 1 amide bonds. The Morgan fingerprint density at radius 2 is 1.91 bits per heavy atom. The van der Waals surface area contributed by atoms with Gasteiger partial charge in [-0.15, -0.1) is 5.10 Å². The number of nitrogens with zero attached hydrogens (tertiary/aromatic N) is 4. The molecule has 0 aliphatic heterocycles. The summed E-state index contributed by atoms with van der Waals surface area (Å²) in [5.74, 6) is -0.0786. The van der Waals surface area contributed by atoms with E-state index in [4.69, 9.17) is 4.74 Å². The molecule has 8 heteroatoms. The molecule has 0 aliphatic carbocycles. The largest absolute Gasteiger partial charge is 0.479 e. The van der Waals surface area contributed by atoms with Crippen molar-refractivity contribution in [3.8, 4) is 11.8 Å². The fraction of sp³-hybridized carbons (Fsp3) is 0.200. The number of hydrogen-bond donors (Lipinski definition) is 1. The zero-order valence-corrected chi connectivity index (χ0v) is 18.3. The zero-order valence-electron chi connectivity index (χ0n) is 18.3. The van der Waals surface area contributed by atoms with Crippen LogP contribution in [0.15, 0.2) is 77.7 Å². The van der Waals surface area contributed by atoms with Gasteiger partial charge in [0.1, 0.15) is 11.8 Å². The second-order valence-corrected chi connectivity index (χ2v) is 7.95. The smallest absolute Gasteiger partial charge is 0.350 e. The first-order valence-electron chi connectivity index (χ1n) is 10.6. The maximum absolute atomic E-state index is 13.0. The van der Waals surface area contributed by atoms with E-state index in [1.165, 1.54) is 9.08 Å². The number of amides is 1. The van der Waals surface area contributed by atoms with Gasteiger partial charge in [0.2, 0.25) is 0 Å². The molecular weight excluding hydrogens is 418 g/mol. The van der Waals surface area contributed by atoms with E-state index in [1.54, 1.807) is 54.7 Å². The van der Waals surface area contributed by atoms with Gasteiger partial charge in [-0.1, -0.05) is 44.2 Å². The van der Waals surface area contributed by atoms with E-state index < -0.39 is 6.10 Å². The highest BCUT2D eigenvalue weighted by atomic mass is 16.5. The minimum Gasteiger partial charge on any atom is -0.479 e. The molecule has 0 spiro atoms. The van der Waals surface area contributed by atoms with Crippen LogP contribution in [0.3, 0.4) is 0 Å². The summed E-state index contributed by atoms with van der Waals surface area (Å²) in [5.41, 5.74) is 2.11. The van der Waals surface area contributed by atoms with Gasteiger partial charge in [0.15, 0.2) is 11.8 Å². The third kappa shape index (κ3) is 4.77. The minimum atomic E-state index is -0.788. The number of ether oxygens (including phenoxy) is 1. The number of pyridine rings is 1. The van der Waals surface area contributed by atoms with Gasteiger partial charge in [0.25, 0.3) is 5.91 Å². The molecule has 2 aromatic carbocycles. The van der Waals surface area contributed by atoms with Crippen molar-refractivity contribution in [2.24, 2.45) is 5.92 Å². The van der Waals surface area contributed by atoms with E-state index in [9.17, 15) is 14.9 Å². The number of rotatable bonds is 7. The molecule has 1 atom stereocenters. The Morgan fingerprint density at radius 1 is 1.12 bits per heavy atom. The zero-order chi connectivity index (χ0) is 23.4. The molecule has 4 rings (SSSR count). The number of nitrogens with one attached hydrogen (secondary N) is 1. The van der Waals surface area contributed by atoms with E-state index in [1.807, 2.05) is 32.0 Å². The molecule has 33 heavy (non-hydrogen) atoms. The van der Waals surface area contributed by atoms with Gasteiger partial charge in [-0.2, -0.15) is 5.26 Å². The van der Waals surface area contributed by atoms with Crippen molar-refractivity contribution in [1.29, 1.82) is 5.26 Å². The number of aromatic nitrogens is 3. The van der Waals surface area contributed by atoms with Crippen molar-refractivity contribution in [3.63, 3.8) is 0 Å². The third-order valence-electron chi connectivity index (χ3n) is 5.14. The average Bonchev–Trinajstić information content (AvgIpc) is 3.13. The summed E-state index contributed by atoms with van der Waals surface area (Å²) in [6.45, 7) is 4.03. The summed E-state index contributed by atoms with van der Waals surface area (Å²) >= 11 is 0. The molecule has 0 saturated heterocycles. The first kappa shape index (κ1) is 21.8. The average molecular weight is 441 g/mol. The first-order chi connectivity index (χ1) is 16.0. The molecular formula is C25H23N5O3. The van der Waals surface area contributed by atoms with Gasteiger partial charge in [0, 0.05) is 11.9 Å². The number of benzene rings is 2. The van der Waals surface area contributed by atoms with Crippen molar-refractivity contribution >= 4 is 17.2 Å². The Labute approximate surface area is 190 Å². The Morgan fingerprint density at radius 3 is 2.67 bits per heavy atom. The number of fused-ring (bicyclic) bond motifs is 1. The van der Waals surface area contributed by atoms with Crippen molar-refractivity contribution in [1.82, 2.24) is 14.2 Å². The van der Waals surface area contributed by atoms with Crippen molar-refractivity contribution in [3.05, 3.63) is 94.5 Å². The Kier molecular flexibility index (Phi) is 6.22. The second-order valence-electron chi connectivity index (χ2n) is 7.95. The first-order valence-corrected chi connectivity index (χ1v) is 10.6. The summed E-state index contributed by atoms with van der Waals surface area (Å²) in [6.07, 6.45) is 0.887. The molecule has 0 saturated carbocycles. The number of nitriles is 1. The van der Waals surface area contributed by atoms with E-state index in [-0.39, 0.29) is 24.1 Å². The molecule has 2 aromatic heterocycles. The van der Waals surface area contributed by atoms with Crippen LogP contribution in [0, 0.1) is 17.2 Å². The SMILES string of the molecule is CC(C)C(Oc1ccccc1C#N)C(=O)Nc1cccc(Cn2nc3ccccn3c2=O)c1. The van der Waals surface area contributed by atoms with Gasteiger partial charge >= 0.3 is 5.69 Å². The molecule has 0 fully saturated rings. The molecule has 1 N–H and O–H groups in total. The monoisotopic (exact) mass is 441 g/mol. The molecule has 166 valence electrons. The number of anilines is 1. The molecule has 1 unspecified atom stereocenters. The maximum atomic E-state index is 13.0. The summed E-state index contributed by atoms with van der Waals surface area (Å²) < 4.78 is 8.78. The molecule has 0 bridgehead atoms. The Balaban J connectivity index is 1.51. The predicted octanol–water partition coefficient (Wildman–Crippen LogP) is 3.46. The highest BCUT2D eigenvalue weighted by Crippen LogP contribution is 2.22. The van der Waals surface area contributed by atoms with Crippen LogP contribution in [0.1, 0.15) is 25.0 Å². The van der Waals surface area contributed by atoms with E-state index in [0.29, 0.717) is 22.6 Å². The van der Waals surface area contributed by atoms with Crippen LogP contribution in [-0.2, 0) is 11.3 Å². The van der Waals surface area contributed by atoms with Crippen molar-refractivity contribution in [2.45, 2.75) is 26.5 Å². The number of para-hydroxylation sites is 1. The molecule has 8 nitrogen and oxygen atoms in total. The van der Waals surface area contributed by atoms with Gasteiger partial charge in [-0.05, 0) is 47.9 Å². The lowest BCUT2D eigenvalue weighted by Crippen LogP contribution is -2.37. The lowest BCUT2D eigenvalue weighted by atomic mass is 10.1. The Bertz CT molecular complexity index is 1400. The molecule has 0 aliphatic rings. The van der Waals surface area contributed by atoms with Crippen LogP contribution in [-0.4, -0.2) is 26.2 Å². The number of carbonyl (C=O) groups excluding carboxylic acids is 1. The van der Waals surface area contributed by atoms with Gasteiger partial charge < -0.3 is 10.1 Å². The van der Waals surface area contributed by atoms with Crippen molar-refractivity contribution < 1.29 is 9.53 Å². The Hall–Kier alpha value is -4.38. The van der Waals surface area contributed by atoms with Crippen LogP contribution in [0.2, 0.25) is 0 Å².